The molecule has 0 spiro atoms. The summed E-state index contributed by atoms with van der Waals surface area (Å²) in [5.41, 5.74) is 16.3. The molecule has 192 valence electrons. The summed E-state index contributed by atoms with van der Waals surface area (Å²) in [4.78, 5) is 72.8. The molecule has 14 nitrogen and oxygen atoms in total. The van der Waals surface area contributed by atoms with Gasteiger partial charge in [0.25, 0.3) is 0 Å². The zero-order valence-electron chi connectivity index (χ0n) is 18.9. The molecule has 1 rings (SSSR count). The number of nitrogens with one attached hydrogen (secondary N) is 2. The maximum atomic E-state index is 13.3. The Labute approximate surface area is 196 Å². The van der Waals surface area contributed by atoms with E-state index < -0.39 is 66.2 Å². The molecule has 34 heavy (non-hydrogen) atoms. The van der Waals surface area contributed by atoms with Gasteiger partial charge in [-0.25, -0.2) is 4.79 Å². The van der Waals surface area contributed by atoms with Gasteiger partial charge in [0.1, 0.15) is 18.1 Å². The monoisotopic (exact) mass is 486 g/mol. The van der Waals surface area contributed by atoms with E-state index in [1.165, 1.54) is 4.90 Å². The fraction of sp³-hybridized carbons (Fsp3) is 0.700. The van der Waals surface area contributed by atoms with Crippen LogP contribution in [0.15, 0.2) is 0 Å². The van der Waals surface area contributed by atoms with Gasteiger partial charge < -0.3 is 42.9 Å². The van der Waals surface area contributed by atoms with Crippen LogP contribution in [0.4, 0.5) is 0 Å². The maximum Gasteiger partial charge on any atom is 0.326 e. The summed E-state index contributed by atoms with van der Waals surface area (Å²) in [5, 5.41) is 22.8. The second-order valence-corrected chi connectivity index (χ2v) is 8.14. The maximum absolute atomic E-state index is 13.3. The van der Waals surface area contributed by atoms with E-state index in [4.69, 9.17) is 22.3 Å². The van der Waals surface area contributed by atoms with Crippen LogP contribution in [0.25, 0.3) is 0 Å². The molecule has 4 unspecified atom stereocenters. The number of carboxylic acid groups (broad SMARTS) is 2. The highest BCUT2D eigenvalue weighted by Crippen LogP contribution is 2.20. The second kappa shape index (κ2) is 14.1. The molecule has 0 aromatic heterocycles. The summed E-state index contributed by atoms with van der Waals surface area (Å²) < 4.78 is 0. The van der Waals surface area contributed by atoms with Crippen molar-refractivity contribution in [1.29, 1.82) is 0 Å². The fourth-order valence-corrected chi connectivity index (χ4v) is 3.61. The fourth-order valence-electron chi connectivity index (χ4n) is 3.61. The van der Waals surface area contributed by atoms with Crippen LogP contribution in [0.2, 0.25) is 0 Å². The lowest BCUT2D eigenvalue weighted by Crippen LogP contribution is -2.57. The lowest BCUT2D eigenvalue weighted by Gasteiger charge is -2.30. The van der Waals surface area contributed by atoms with Crippen LogP contribution in [-0.4, -0.2) is 87.9 Å². The molecule has 0 aromatic carbocycles. The highest BCUT2D eigenvalue weighted by molar-refractivity contribution is 5.95. The quantitative estimate of drug-likeness (QED) is 0.117. The van der Waals surface area contributed by atoms with E-state index in [0.717, 1.165) is 0 Å². The van der Waals surface area contributed by atoms with Crippen LogP contribution in [0.1, 0.15) is 51.4 Å². The van der Waals surface area contributed by atoms with Gasteiger partial charge >= 0.3 is 11.9 Å². The largest absolute Gasteiger partial charge is 0.481 e. The number of carbonyl (C=O) groups is 6. The van der Waals surface area contributed by atoms with Gasteiger partial charge in [0.15, 0.2) is 0 Å². The summed E-state index contributed by atoms with van der Waals surface area (Å²) in [6.45, 7) is 0.580. The molecule has 1 heterocycles. The zero-order chi connectivity index (χ0) is 25.8. The van der Waals surface area contributed by atoms with E-state index in [0.29, 0.717) is 25.8 Å². The molecule has 4 amide bonds. The van der Waals surface area contributed by atoms with Gasteiger partial charge in [-0.3, -0.25) is 24.0 Å². The van der Waals surface area contributed by atoms with Crippen molar-refractivity contribution >= 4 is 35.6 Å². The molecular weight excluding hydrogens is 452 g/mol. The zero-order valence-corrected chi connectivity index (χ0v) is 18.9. The van der Waals surface area contributed by atoms with E-state index in [1.807, 2.05) is 0 Å². The molecule has 1 saturated heterocycles. The lowest BCUT2D eigenvalue weighted by molar-refractivity contribution is -0.146. The smallest absolute Gasteiger partial charge is 0.326 e. The Balaban J connectivity index is 2.93. The number of primary amides is 1. The van der Waals surface area contributed by atoms with Crippen molar-refractivity contribution in [3.8, 4) is 0 Å². The minimum absolute atomic E-state index is 0.115. The average Bonchev–Trinajstić information content (AvgIpc) is 3.25. The number of nitrogens with zero attached hydrogens (tertiary/aromatic N) is 1. The molecule has 0 saturated carbocycles. The van der Waals surface area contributed by atoms with Crippen LogP contribution < -0.4 is 27.8 Å². The van der Waals surface area contributed by atoms with Gasteiger partial charge in [0.05, 0.1) is 12.5 Å². The Bertz CT molecular complexity index is 776. The van der Waals surface area contributed by atoms with Crippen molar-refractivity contribution in [2.24, 2.45) is 17.2 Å². The molecular formula is C20H34N6O8. The van der Waals surface area contributed by atoms with E-state index >= 15 is 0 Å². The van der Waals surface area contributed by atoms with E-state index in [9.17, 15) is 33.9 Å². The molecule has 1 aliphatic rings. The number of rotatable bonds is 15. The minimum atomic E-state index is -1.53. The first-order valence-electron chi connectivity index (χ1n) is 11.1. The standard InChI is InChI=1S/C20H34N6O8/c21-8-2-1-4-12(24-17(30)11(22)6-7-16(28)29)19(32)26-9-3-5-14(26)18(31)25-13(20(33)34)10-15(23)27/h11-14H,1-10,21-22H2,(H2,23,27)(H,24,30)(H,25,31)(H,28,29)(H,33,34). The lowest BCUT2D eigenvalue weighted by atomic mass is 10.1. The number of likely N-dealkylation sites (tertiary alicyclic amines) is 1. The van der Waals surface area contributed by atoms with Gasteiger partial charge in [0, 0.05) is 13.0 Å². The number of carboxylic acids is 2. The van der Waals surface area contributed by atoms with Gasteiger partial charge in [-0.2, -0.15) is 0 Å². The predicted molar refractivity (Wildman–Crippen MR) is 118 cm³/mol. The van der Waals surface area contributed by atoms with Crippen LogP contribution in [0, 0.1) is 0 Å². The number of hydrogen-bond acceptors (Lipinski definition) is 8. The summed E-state index contributed by atoms with van der Waals surface area (Å²) in [5.74, 6) is -5.44. The third-order valence-corrected chi connectivity index (χ3v) is 5.43. The van der Waals surface area contributed by atoms with Crippen LogP contribution >= 0.6 is 0 Å². The average molecular weight is 487 g/mol. The van der Waals surface area contributed by atoms with Gasteiger partial charge in [-0.05, 0) is 45.1 Å². The Morgan fingerprint density at radius 2 is 1.68 bits per heavy atom. The first-order chi connectivity index (χ1) is 16.0. The molecule has 0 bridgehead atoms. The number of amides is 4. The third kappa shape index (κ3) is 9.31. The van der Waals surface area contributed by atoms with Gasteiger partial charge in [0.2, 0.25) is 23.6 Å². The summed E-state index contributed by atoms with van der Waals surface area (Å²) >= 11 is 0. The van der Waals surface area contributed by atoms with Crippen molar-refractivity contribution in [2.45, 2.75) is 75.5 Å². The molecule has 14 heteroatoms. The van der Waals surface area contributed by atoms with Crippen molar-refractivity contribution in [1.82, 2.24) is 15.5 Å². The third-order valence-electron chi connectivity index (χ3n) is 5.43. The van der Waals surface area contributed by atoms with Crippen molar-refractivity contribution in [3.63, 3.8) is 0 Å². The molecule has 0 aliphatic carbocycles. The normalized spacial score (nSPS) is 17.9. The van der Waals surface area contributed by atoms with Crippen LogP contribution in [0.3, 0.4) is 0 Å². The van der Waals surface area contributed by atoms with Crippen LogP contribution in [-0.2, 0) is 28.8 Å². The number of hydrogen-bond donors (Lipinski definition) is 7. The summed E-state index contributed by atoms with van der Waals surface area (Å²) in [7, 11) is 0. The molecule has 0 aromatic rings. The van der Waals surface area contributed by atoms with Crippen molar-refractivity contribution < 1.29 is 39.0 Å². The molecule has 4 atom stereocenters. The molecule has 1 fully saturated rings. The second-order valence-electron chi connectivity index (χ2n) is 8.14. The molecule has 1 aliphatic heterocycles. The Morgan fingerprint density at radius 3 is 2.24 bits per heavy atom. The molecule has 10 N–H and O–H groups in total. The van der Waals surface area contributed by atoms with E-state index in [-0.39, 0.29) is 32.2 Å². The minimum Gasteiger partial charge on any atom is -0.481 e. The van der Waals surface area contributed by atoms with E-state index in [1.54, 1.807) is 0 Å². The highest BCUT2D eigenvalue weighted by atomic mass is 16.4. The van der Waals surface area contributed by atoms with E-state index in [2.05, 4.69) is 10.6 Å². The highest BCUT2D eigenvalue weighted by Gasteiger charge is 2.39. The topological polar surface area (TPSA) is 248 Å². The van der Waals surface area contributed by atoms with Crippen molar-refractivity contribution in [2.75, 3.05) is 13.1 Å². The summed E-state index contributed by atoms with van der Waals surface area (Å²) in [6, 6.07) is -4.68. The predicted octanol–water partition coefficient (Wildman–Crippen LogP) is -2.77. The number of unbranched alkanes of at least 4 members (excludes halogenated alkanes) is 1. The Hall–Kier alpha value is -3.26. The number of aliphatic carboxylic acids is 2. The SMILES string of the molecule is NCCCCC(NC(=O)C(N)CCC(=O)O)C(=O)N1CCCC1C(=O)NC(CC(N)=O)C(=O)O. The van der Waals surface area contributed by atoms with Gasteiger partial charge in [-0.1, -0.05) is 0 Å². The van der Waals surface area contributed by atoms with Crippen molar-refractivity contribution in [3.05, 3.63) is 0 Å². The first kappa shape index (κ1) is 28.8. The number of carbonyl (C=O) groups excluding carboxylic acids is 4. The molecule has 0 radical (unpaired) electrons. The number of nitrogens with two attached hydrogens (primary N) is 3. The Morgan fingerprint density at radius 1 is 1.00 bits per heavy atom. The van der Waals surface area contributed by atoms with Gasteiger partial charge in [-0.15, -0.1) is 0 Å². The Kier molecular flexibility index (Phi) is 11.9. The first-order valence-corrected chi connectivity index (χ1v) is 11.1. The van der Waals surface area contributed by atoms with Crippen LogP contribution in [0.5, 0.6) is 0 Å². The summed E-state index contributed by atoms with van der Waals surface area (Å²) in [6.07, 6.45) is 1.01.